The number of rotatable bonds is 5. The first kappa shape index (κ1) is 18.3. The van der Waals surface area contributed by atoms with Gasteiger partial charge >= 0.3 is 0 Å². The van der Waals surface area contributed by atoms with E-state index in [4.69, 9.17) is 11.6 Å². The number of carbonyl (C=O) groups is 1. The molecule has 3 rings (SSSR count). The summed E-state index contributed by atoms with van der Waals surface area (Å²) in [4.78, 5) is 21.5. The Morgan fingerprint density at radius 3 is 2.73 bits per heavy atom. The maximum absolute atomic E-state index is 12.6. The second kappa shape index (κ2) is 7.41. The van der Waals surface area contributed by atoms with E-state index in [2.05, 4.69) is 27.3 Å². The number of carbonyl (C=O) groups excluding carboxylic acids is 1. The van der Waals surface area contributed by atoms with Gasteiger partial charge in [0.2, 0.25) is 5.91 Å². The summed E-state index contributed by atoms with van der Waals surface area (Å²) in [6.45, 7) is 7.86. The molecule has 0 spiro atoms. The fourth-order valence-corrected chi connectivity index (χ4v) is 3.09. The molecule has 0 atom stereocenters. The van der Waals surface area contributed by atoms with Gasteiger partial charge in [-0.15, -0.1) is 5.10 Å². The summed E-state index contributed by atoms with van der Waals surface area (Å²) < 4.78 is 1.73. The van der Waals surface area contributed by atoms with Crippen LogP contribution in [0, 0.1) is 20.8 Å². The van der Waals surface area contributed by atoms with Crippen molar-refractivity contribution in [1.82, 2.24) is 19.6 Å². The summed E-state index contributed by atoms with van der Waals surface area (Å²) in [5, 5.41) is 8.04. The molecular weight excluding hydrogens is 350 g/mol. The Kier molecular flexibility index (Phi) is 5.23. The van der Waals surface area contributed by atoms with Gasteiger partial charge in [0.25, 0.3) is 5.78 Å². The lowest BCUT2D eigenvalue weighted by Crippen LogP contribution is -2.18. The second-order valence-corrected chi connectivity index (χ2v) is 6.87. The van der Waals surface area contributed by atoms with Crippen LogP contribution >= 0.6 is 11.6 Å². The number of hydrogen-bond acceptors (Lipinski definition) is 4. The predicted molar refractivity (Wildman–Crippen MR) is 103 cm³/mol. The predicted octanol–water partition coefficient (Wildman–Crippen LogP) is 3.84. The van der Waals surface area contributed by atoms with Crippen molar-refractivity contribution in [3.8, 4) is 0 Å². The van der Waals surface area contributed by atoms with Crippen LogP contribution in [0.15, 0.2) is 18.2 Å². The number of nitrogens with zero attached hydrogens (tertiary/aromatic N) is 4. The monoisotopic (exact) mass is 371 g/mol. The number of hydrogen-bond donors (Lipinski definition) is 1. The minimum absolute atomic E-state index is 0.114. The summed E-state index contributed by atoms with van der Waals surface area (Å²) in [6.07, 6.45) is 2.00. The molecule has 2 heterocycles. The van der Waals surface area contributed by atoms with Gasteiger partial charge < -0.3 is 5.32 Å². The lowest BCUT2D eigenvalue weighted by atomic mass is 10.1. The van der Waals surface area contributed by atoms with Crippen molar-refractivity contribution in [2.75, 3.05) is 5.32 Å². The Hall–Kier alpha value is -2.47. The van der Waals surface area contributed by atoms with Crippen LogP contribution < -0.4 is 5.32 Å². The molecule has 0 aliphatic heterocycles. The Bertz CT molecular complexity index is 980. The quantitative estimate of drug-likeness (QED) is 0.739. The van der Waals surface area contributed by atoms with Crippen LogP contribution in [0.1, 0.15) is 41.7 Å². The van der Waals surface area contributed by atoms with Gasteiger partial charge in [-0.25, -0.2) is 9.50 Å². The van der Waals surface area contributed by atoms with Crippen molar-refractivity contribution < 1.29 is 4.79 Å². The van der Waals surface area contributed by atoms with Gasteiger partial charge in [0.1, 0.15) is 0 Å². The standard InChI is InChI=1S/C19H22ClN5O/c1-5-6-17-23-19-21-12(3)15(13(4)25(19)24-17)10-18(26)22-16-9-14(20)8-7-11(16)2/h7-9H,5-6,10H2,1-4H3,(H,22,26). The van der Waals surface area contributed by atoms with Crippen LogP contribution in [-0.2, 0) is 17.6 Å². The molecule has 0 saturated heterocycles. The maximum Gasteiger partial charge on any atom is 0.252 e. The molecule has 2 aromatic heterocycles. The number of fused-ring (bicyclic) bond motifs is 1. The minimum Gasteiger partial charge on any atom is -0.326 e. The lowest BCUT2D eigenvalue weighted by molar-refractivity contribution is -0.115. The number of benzene rings is 1. The number of halogens is 1. The zero-order chi connectivity index (χ0) is 18.8. The van der Waals surface area contributed by atoms with Gasteiger partial charge in [0, 0.05) is 34.1 Å². The highest BCUT2D eigenvalue weighted by Gasteiger charge is 2.16. The third kappa shape index (κ3) is 3.70. The van der Waals surface area contributed by atoms with E-state index >= 15 is 0 Å². The SMILES string of the molecule is CCCc1nc2nc(C)c(CC(=O)Nc3cc(Cl)ccc3C)c(C)n2n1. The first-order chi connectivity index (χ1) is 12.4. The highest BCUT2D eigenvalue weighted by atomic mass is 35.5. The first-order valence-electron chi connectivity index (χ1n) is 8.66. The highest BCUT2D eigenvalue weighted by molar-refractivity contribution is 6.31. The summed E-state index contributed by atoms with van der Waals surface area (Å²) >= 11 is 6.02. The molecule has 1 aromatic carbocycles. The summed E-state index contributed by atoms with van der Waals surface area (Å²) in [5.74, 6) is 1.24. The molecule has 0 fully saturated rings. The van der Waals surface area contributed by atoms with Crippen molar-refractivity contribution in [1.29, 1.82) is 0 Å². The van der Waals surface area contributed by atoms with E-state index in [-0.39, 0.29) is 12.3 Å². The zero-order valence-corrected chi connectivity index (χ0v) is 16.2. The van der Waals surface area contributed by atoms with Gasteiger partial charge in [0.05, 0.1) is 6.42 Å². The third-order valence-corrected chi connectivity index (χ3v) is 4.61. The molecule has 6 nitrogen and oxygen atoms in total. The largest absolute Gasteiger partial charge is 0.326 e. The van der Waals surface area contributed by atoms with E-state index < -0.39 is 0 Å². The fraction of sp³-hybridized carbons (Fsp3) is 0.368. The lowest BCUT2D eigenvalue weighted by Gasteiger charge is -2.12. The molecule has 26 heavy (non-hydrogen) atoms. The Morgan fingerprint density at radius 2 is 2.00 bits per heavy atom. The van der Waals surface area contributed by atoms with Gasteiger partial charge in [-0.2, -0.15) is 4.98 Å². The highest BCUT2D eigenvalue weighted by Crippen LogP contribution is 2.21. The van der Waals surface area contributed by atoms with Crippen molar-refractivity contribution in [2.24, 2.45) is 0 Å². The van der Waals surface area contributed by atoms with Crippen LogP contribution in [0.3, 0.4) is 0 Å². The first-order valence-corrected chi connectivity index (χ1v) is 9.04. The third-order valence-electron chi connectivity index (χ3n) is 4.38. The van der Waals surface area contributed by atoms with E-state index in [1.165, 1.54) is 0 Å². The van der Waals surface area contributed by atoms with Crippen LogP contribution in [0.4, 0.5) is 5.69 Å². The van der Waals surface area contributed by atoms with Crippen LogP contribution in [0.2, 0.25) is 5.02 Å². The normalized spacial score (nSPS) is 11.1. The molecule has 136 valence electrons. The zero-order valence-electron chi connectivity index (χ0n) is 15.4. The fourth-order valence-electron chi connectivity index (χ4n) is 2.92. The molecule has 3 aromatic rings. The van der Waals surface area contributed by atoms with Crippen LogP contribution in [-0.4, -0.2) is 25.5 Å². The second-order valence-electron chi connectivity index (χ2n) is 6.44. The van der Waals surface area contributed by atoms with Crippen molar-refractivity contribution in [3.05, 3.63) is 51.6 Å². The average molecular weight is 372 g/mol. The molecule has 7 heteroatoms. The van der Waals surface area contributed by atoms with Gasteiger partial charge in [-0.3, -0.25) is 4.79 Å². The Balaban J connectivity index is 1.87. The number of aromatic nitrogens is 4. The number of anilines is 1. The van der Waals surface area contributed by atoms with Crippen molar-refractivity contribution >= 4 is 29.0 Å². The van der Waals surface area contributed by atoms with Gasteiger partial charge in [0.15, 0.2) is 5.82 Å². The average Bonchev–Trinajstić information content (AvgIpc) is 2.98. The summed E-state index contributed by atoms with van der Waals surface area (Å²) in [5.41, 5.74) is 4.23. The topological polar surface area (TPSA) is 72.2 Å². The molecule has 0 aliphatic rings. The van der Waals surface area contributed by atoms with E-state index in [0.29, 0.717) is 10.8 Å². The van der Waals surface area contributed by atoms with E-state index in [1.807, 2.05) is 26.8 Å². The van der Waals surface area contributed by atoms with Crippen molar-refractivity contribution in [2.45, 2.75) is 47.0 Å². The number of amides is 1. The number of nitrogens with one attached hydrogen (secondary N) is 1. The molecule has 0 unspecified atom stereocenters. The van der Waals surface area contributed by atoms with Crippen LogP contribution in [0.5, 0.6) is 0 Å². The Morgan fingerprint density at radius 1 is 1.23 bits per heavy atom. The summed E-state index contributed by atoms with van der Waals surface area (Å²) in [6, 6.07) is 5.44. The van der Waals surface area contributed by atoms with E-state index in [1.54, 1.807) is 16.6 Å². The minimum atomic E-state index is -0.114. The molecule has 1 N–H and O–H groups in total. The van der Waals surface area contributed by atoms with Gasteiger partial charge in [-0.05, 0) is 44.9 Å². The van der Waals surface area contributed by atoms with E-state index in [0.717, 1.165) is 46.9 Å². The Labute approximate surface area is 157 Å². The molecule has 0 bridgehead atoms. The summed E-state index contributed by atoms with van der Waals surface area (Å²) in [7, 11) is 0. The molecule has 0 aliphatic carbocycles. The molecular formula is C19H22ClN5O. The molecule has 0 saturated carbocycles. The molecule has 1 amide bonds. The maximum atomic E-state index is 12.6. The van der Waals surface area contributed by atoms with Crippen molar-refractivity contribution in [3.63, 3.8) is 0 Å². The van der Waals surface area contributed by atoms with Crippen LogP contribution in [0.25, 0.3) is 5.78 Å². The van der Waals surface area contributed by atoms with E-state index in [9.17, 15) is 4.79 Å². The van der Waals surface area contributed by atoms with Gasteiger partial charge in [-0.1, -0.05) is 24.6 Å². The molecule has 0 radical (unpaired) electrons. The number of aryl methyl sites for hydroxylation is 4. The smallest absolute Gasteiger partial charge is 0.252 e.